The number of nitrogens with zero attached hydrogens (tertiary/aromatic N) is 3. The van der Waals surface area contributed by atoms with Crippen LogP contribution < -0.4 is 11.0 Å². The zero-order valence-electron chi connectivity index (χ0n) is 9.80. The van der Waals surface area contributed by atoms with Gasteiger partial charge in [0.25, 0.3) is 0 Å². The molecule has 0 aliphatic rings. The zero-order valence-corrected chi connectivity index (χ0v) is 10.6. The quantitative estimate of drug-likeness (QED) is 0.830. The molecule has 0 saturated carbocycles. The van der Waals surface area contributed by atoms with E-state index < -0.39 is 0 Å². The number of thioether (sulfide) groups is 1. The lowest BCUT2D eigenvalue weighted by molar-refractivity contribution is 0.765. The second-order valence-electron chi connectivity index (χ2n) is 3.86. The second-order valence-corrected chi connectivity index (χ2v) is 4.84. The Morgan fingerprint density at radius 1 is 1.65 bits per heavy atom. The molecule has 7 heteroatoms. The van der Waals surface area contributed by atoms with Gasteiger partial charge in [0.2, 0.25) is 0 Å². The number of aromatic nitrogens is 4. The van der Waals surface area contributed by atoms with Crippen LogP contribution in [0.1, 0.15) is 13.3 Å². The number of aromatic amines is 1. The molecule has 6 nitrogen and oxygen atoms in total. The average molecular weight is 253 g/mol. The molecule has 2 aromatic rings. The summed E-state index contributed by atoms with van der Waals surface area (Å²) >= 11 is 1.82. The Balaban J connectivity index is 2.11. The topological polar surface area (TPSA) is 75.1 Å². The standard InChI is InChI=1S/C10H15N5OS/c1-7(3-4-17-2)12-8-5-9-13-14-10(16)15(9)6-11-8/h5-7,12H,3-4H2,1-2H3,(H,14,16). The molecule has 17 heavy (non-hydrogen) atoms. The minimum Gasteiger partial charge on any atom is -0.367 e. The van der Waals surface area contributed by atoms with Crippen LogP contribution in [-0.4, -0.2) is 37.6 Å². The van der Waals surface area contributed by atoms with E-state index in [1.807, 2.05) is 11.8 Å². The van der Waals surface area contributed by atoms with Gasteiger partial charge in [-0.25, -0.2) is 19.3 Å². The second kappa shape index (κ2) is 5.22. The molecule has 2 rings (SSSR count). The average Bonchev–Trinajstić information content (AvgIpc) is 2.68. The summed E-state index contributed by atoms with van der Waals surface area (Å²) in [5, 5.41) is 9.55. The Morgan fingerprint density at radius 3 is 3.24 bits per heavy atom. The third-order valence-corrected chi connectivity index (χ3v) is 3.10. The van der Waals surface area contributed by atoms with Crippen LogP contribution in [0.15, 0.2) is 17.2 Å². The molecule has 0 bridgehead atoms. The maximum absolute atomic E-state index is 11.2. The van der Waals surface area contributed by atoms with E-state index in [2.05, 4.69) is 33.7 Å². The predicted octanol–water partition coefficient (Wildman–Crippen LogP) is 0.971. The maximum atomic E-state index is 11.2. The number of H-pyrrole nitrogens is 1. The minimum absolute atomic E-state index is 0.269. The molecule has 0 saturated heterocycles. The van der Waals surface area contributed by atoms with Crippen LogP contribution in [0.5, 0.6) is 0 Å². The summed E-state index contributed by atoms with van der Waals surface area (Å²) in [6, 6.07) is 2.11. The van der Waals surface area contributed by atoms with Crippen molar-refractivity contribution in [1.29, 1.82) is 0 Å². The van der Waals surface area contributed by atoms with Crippen molar-refractivity contribution < 1.29 is 0 Å². The van der Waals surface area contributed by atoms with Gasteiger partial charge < -0.3 is 5.32 Å². The van der Waals surface area contributed by atoms with Crippen molar-refractivity contribution in [3.8, 4) is 0 Å². The molecule has 0 fully saturated rings. The summed E-state index contributed by atoms with van der Waals surface area (Å²) in [7, 11) is 0. The highest BCUT2D eigenvalue weighted by atomic mass is 32.2. The lowest BCUT2D eigenvalue weighted by Gasteiger charge is -2.13. The summed E-state index contributed by atoms with van der Waals surface area (Å²) in [5.41, 5.74) is 0.305. The third kappa shape index (κ3) is 2.79. The molecular weight excluding hydrogens is 238 g/mol. The van der Waals surface area contributed by atoms with Gasteiger partial charge in [-0.05, 0) is 25.4 Å². The largest absolute Gasteiger partial charge is 0.367 e. The fourth-order valence-corrected chi connectivity index (χ4v) is 2.10. The number of fused-ring (bicyclic) bond motifs is 1. The smallest absolute Gasteiger partial charge is 0.348 e. The summed E-state index contributed by atoms with van der Waals surface area (Å²) in [6.07, 6.45) is 4.64. The van der Waals surface area contributed by atoms with Crippen molar-refractivity contribution in [1.82, 2.24) is 19.6 Å². The predicted molar refractivity (Wildman–Crippen MR) is 69.7 cm³/mol. The lowest BCUT2D eigenvalue weighted by Crippen LogP contribution is -2.17. The van der Waals surface area contributed by atoms with E-state index >= 15 is 0 Å². The van der Waals surface area contributed by atoms with Gasteiger partial charge in [-0.1, -0.05) is 0 Å². The highest BCUT2D eigenvalue weighted by molar-refractivity contribution is 7.98. The molecule has 1 unspecified atom stereocenters. The first-order chi connectivity index (χ1) is 8.20. The van der Waals surface area contributed by atoms with Crippen molar-refractivity contribution in [3.05, 3.63) is 22.9 Å². The van der Waals surface area contributed by atoms with Crippen molar-refractivity contribution >= 4 is 23.2 Å². The number of rotatable bonds is 5. The highest BCUT2D eigenvalue weighted by Gasteiger charge is 2.05. The van der Waals surface area contributed by atoms with E-state index in [0.717, 1.165) is 18.0 Å². The highest BCUT2D eigenvalue weighted by Crippen LogP contribution is 2.09. The molecule has 0 aliphatic heterocycles. The van der Waals surface area contributed by atoms with E-state index in [-0.39, 0.29) is 5.69 Å². The molecule has 0 aromatic carbocycles. The molecule has 2 aromatic heterocycles. The summed E-state index contributed by atoms with van der Waals surface area (Å²) in [4.78, 5) is 15.4. The van der Waals surface area contributed by atoms with Gasteiger partial charge in [-0.15, -0.1) is 0 Å². The number of nitrogens with one attached hydrogen (secondary N) is 2. The van der Waals surface area contributed by atoms with Crippen LogP contribution in [0.2, 0.25) is 0 Å². The van der Waals surface area contributed by atoms with E-state index in [9.17, 15) is 4.79 Å². The van der Waals surface area contributed by atoms with E-state index in [0.29, 0.717) is 11.7 Å². The fourth-order valence-electron chi connectivity index (χ4n) is 1.51. The molecule has 0 spiro atoms. The van der Waals surface area contributed by atoms with Crippen LogP contribution in [0.4, 0.5) is 5.82 Å². The van der Waals surface area contributed by atoms with Gasteiger partial charge in [-0.2, -0.15) is 16.9 Å². The van der Waals surface area contributed by atoms with Crippen molar-refractivity contribution in [2.75, 3.05) is 17.3 Å². The normalized spacial score (nSPS) is 12.8. The van der Waals surface area contributed by atoms with Crippen molar-refractivity contribution in [2.24, 2.45) is 0 Å². The molecule has 0 amide bonds. The molecule has 0 radical (unpaired) electrons. The summed E-state index contributed by atoms with van der Waals surface area (Å²) in [6.45, 7) is 2.11. The van der Waals surface area contributed by atoms with E-state index in [1.165, 1.54) is 10.7 Å². The third-order valence-electron chi connectivity index (χ3n) is 2.46. The first-order valence-electron chi connectivity index (χ1n) is 5.39. The van der Waals surface area contributed by atoms with Gasteiger partial charge >= 0.3 is 5.69 Å². The minimum atomic E-state index is -0.269. The summed E-state index contributed by atoms with van der Waals surface area (Å²) < 4.78 is 1.37. The maximum Gasteiger partial charge on any atom is 0.348 e. The number of hydrogen-bond acceptors (Lipinski definition) is 5. The van der Waals surface area contributed by atoms with Crippen molar-refractivity contribution in [2.45, 2.75) is 19.4 Å². The lowest BCUT2D eigenvalue weighted by atomic mass is 10.2. The van der Waals surface area contributed by atoms with Gasteiger partial charge in [0.1, 0.15) is 12.1 Å². The first kappa shape index (κ1) is 12.0. The molecule has 2 heterocycles. The van der Waals surface area contributed by atoms with Gasteiger partial charge in [0.15, 0.2) is 5.65 Å². The van der Waals surface area contributed by atoms with Crippen LogP contribution in [0.3, 0.4) is 0 Å². The van der Waals surface area contributed by atoms with Crippen LogP contribution in [0.25, 0.3) is 5.65 Å². The van der Waals surface area contributed by atoms with Crippen LogP contribution >= 0.6 is 11.8 Å². The SMILES string of the molecule is CSCCC(C)Nc1cc2n[nH]c(=O)n2cn1. The molecule has 0 aliphatic carbocycles. The van der Waals surface area contributed by atoms with Crippen molar-refractivity contribution in [3.63, 3.8) is 0 Å². The molecule has 2 N–H and O–H groups in total. The zero-order chi connectivity index (χ0) is 12.3. The Bertz CT molecular complexity index is 549. The van der Waals surface area contributed by atoms with E-state index in [1.54, 1.807) is 6.07 Å². The van der Waals surface area contributed by atoms with Crippen LogP contribution in [0, 0.1) is 0 Å². The monoisotopic (exact) mass is 253 g/mol. The number of anilines is 1. The van der Waals surface area contributed by atoms with Gasteiger partial charge in [-0.3, -0.25) is 0 Å². The molecular formula is C10H15N5OS. The Kier molecular flexibility index (Phi) is 3.68. The molecule has 92 valence electrons. The number of hydrogen-bond donors (Lipinski definition) is 2. The van der Waals surface area contributed by atoms with Crippen LogP contribution in [-0.2, 0) is 0 Å². The van der Waals surface area contributed by atoms with E-state index in [4.69, 9.17) is 0 Å². The summed E-state index contributed by atoms with van der Waals surface area (Å²) in [5.74, 6) is 1.85. The molecule has 1 atom stereocenters. The Labute approximate surface area is 103 Å². The Morgan fingerprint density at radius 2 is 2.47 bits per heavy atom. The fraction of sp³-hybridized carbons (Fsp3) is 0.500. The first-order valence-corrected chi connectivity index (χ1v) is 6.78. The van der Waals surface area contributed by atoms with Gasteiger partial charge in [0, 0.05) is 12.1 Å². The van der Waals surface area contributed by atoms with Gasteiger partial charge in [0.05, 0.1) is 0 Å². The Hall–Kier alpha value is -1.50.